The van der Waals surface area contributed by atoms with Crippen LogP contribution in [-0.2, 0) is 19.1 Å². The quantitative estimate of drug-likeness (QED) is 0.559. The average molecular weight is 240 g/mol. The zero-order valence-electron chi connectivity index (χ0n) is 10.5. The molecule has 1 aliphatic carbocycles. The van der Waals surface area contributed by atoms with Gasteiger partial charge >= 0.3 is 11.9 Å². The Morgan fingerprint density at radius 2 is 1.88 bits per heavy atom. The average Bonchev–Trinajstić information content (AvgIpc) is 2.30. The molecule has 0 aromatic rings. The molecular formula is C13H20O4. The minimum absolute atomic E-state index is 0.0162. The van der Waals surface area contributed by atoms with Crippen LogP contribution in [0.15, 0.2) is 11.6 Å². The lowest BCUT2D eigenvalue weighted by Crippen LogP contribution is -2.20. The SMILES string of the molecule is CCOC(=O)/C(C)=C\C(=O)OC1CCCCC1. The van der Waals surface area contributed by atoms with Gasteiger partial charge in [0, 0.05) is 11.6 Å². The number of ether oxygens (including phenoxy) is 2. The highest BCUT2D eigenvalue weighted by molar-refractivity contribution is 5.95. The van der Waals surface area contributed by atoms with E-state index in [1.54, 1.807) is 13.8 Å². The third kappa shape index (κ3) is 5.02. The van der Waals surface area contributed by atoms with Crippen molar-refractivity contribution < 1.29 is 19.1 Å². The van der Waals surface area contributed by atoms with Gasteiger partial charge in [-0.2, -0.15) is 0 Å². The van der Waals surface area contributed by atoms with Crippen LogP contribution in [0.1, 0.15) is 46.0 Å². The van der Waals surface area contributed by atoms with E-state index in [1.165, 1.54) is 12.5 Å². The lowest BCUT2D eigenvalue weighted by atomic mass is 9.98. The van der Waals surface area contributed by atoms with Crippen LogP contribution in [0.2, 0.25) is 0 Å². The fourth-order valence-electron chi connectivity index (χ4n) is 1.86. The molecule has 0 atom stereocenters. The van der Waals surface area contributed by atoms with Crippen molar-refractivity contribution in [1.29, 1.82) is 0 Å². The molecule has 1 rings (SSSR count). The van der Waals surface area contributed by atoms with E-state index in [-0.39, 0.29) is 11.7 Å². The molecule has 0 amide bonds. The molecule has 4 heteroatoms. The number of hydrogen-bond donors (Lipinski definition) is 0. The monoisotopic (exact) mass is 240 g/mol. The summed E-state index contributed by atoms with van der Waals surface area (Å²) in [4.78, 5) is 22.8. The van der Waals surface area contributed by atoms with Gasteiger partial charge in [0.15, 0.2) is 0 Å². The maximum absolute atomic E-state index is 11.5. The van der Waals surface area contributed by atoms with Gasteiger partial charge in [-0.05, 0) is 39.5 Å². The Morgan fingerprint density at radius 3 is 2.47 bits per heavy atom. The van der Waals surface area contributed by atoms with Crippen molar-refractivity contribution in [3.63, 3.8) is 0 Å². The molecule has 0 aromatic carbocycles. The van der Waals surface area contributed by atoms with Gasteiger partial charge in [0.1, 0.15) is 6.10 Å². The molecule has 17 heavy (non-hydrogen) atoms. The second-order valence-electron chi connectivity index (χ2n) is 4.24. The predicted molar refractivity (Wildman–Crippen MR) is 63.4 cm³/mol. The zero-order valence-corrected chi connectivity index (χ0v) is 10.5. The Morgan fingerprint density at radius 1 is 1.24 bits per heavy atom. The van der Waals surface area contributed by atoms with Gasteiger partial charge in [-0.1, -0.05) is 6.42 Å². The number of hydrogen-bond acceptors (Lipinski definition) is 4. The zero-order chi connectivity index (χ0) is 12.7. The van der Waals surface area contributed by atoms with Gasteiger partial charge in [0.25, 0.3) is 0 Å². The third-order valence-corrected chi connectivity index (χ3v) is 2.77. The summed E-state index contributed by atoms with van der Waals surface area (Å²) in [7, 11) is 0. The first kappa shape index (κ1) is 13.7. The minimum Gasteiger partial charge on any atom is -0.463 e. The van der Waals surface area contributed by atoms with Crippen LogP contribution < -0.4 is 0 Å². The first-order chi connectivity index (χ1) is 8.13. The summed E-state index contributed by atoms with van der Waals surface area (Å²) in [5.41, 5.74) is 0.285. The molecule has 0 unspecified atom stereocenters. The van der Waals surface area contributed by atoms with E-state index in [4.69, 9.17) is 9.47 Å². The molecule has 96 valence electrons. The maximum atomic E-state index is 11.5. The molecule has 0 aliphatic heterocycles. The van der Waals surface area contributed by atoms with Gasteiger partial charge in [0.2, 0.25) is 0 Å². The van der Waals surface area contributed by atoms with Crippen molar-refractivity contribution in [3.8, 4) is 0 Å². The van der Waals surface area contributed by atoms with E-state index in [0.29, 0.717) is 6.61 Å². The Bertz CT molecular complexity index is 301. The van der Waals surface area contributed by atoms with Gasteiger partial charge < -0.3 is 9.47 Å². The molecule has 4 nitrogen and oxygen atoms in total. The molecule has 1 fully saturated rings. The highest BCUT2D eigenvalue weighted by atomic mass is 16.5. The fraction of sp³-hybridized carbons (Fsp3) is 0.692. The van der Waals surface area contributed by atoms with Crippen molar-refractivity contribution in [2.45, 2.75) is 52.1 Å². The lowest BCUT2D eigenvalue weighted by Gasteiger charge is -2.21. The van der Waals surface area contributed by atoms with Crippen LogP contribution in [0.3, 0.4) is 0 Å². The maximum Gasteiger partial charge on any atom is 0.333 e. The van der Waals surface area contributed by atoms with Crippen LogP contribution in [-0.4, -0.2) is 24.6 Å². The summed E-state index contributed by atoms with van der Waals surface area (Å²) in [6, 6.07) is 0. The van der Waals surface area contributed by atoms with Crippen molar-refractivity contribution in [2.75, 3.05) is 6.61 Å². The minimum atomic E-state index is -0.465. The fourth-order valence-corrected chi connectivity index (χ4v) is 1.86. The van der Waals surface area contributed by atoms with E-state index in [9.17, 15) is 9.59 Å². The normalized spacial score (nSPS) is 17.6. The molecule has 0 spiro atoms. The first-order valence-corrected chi connectivity index (χ1v) is 6.19. The Labute approximate surface area is 102 Å². The standard InChI is InChI=1S/C13H20O4/c1-3-16-13(15)10(2)9-12(14)17-11-7-5-4-6-8-11/h9,11H,3-8H2,1-2H3/b10-9-. The molecule has 0 saturated heterocycles. The van der Waals surface area contributed by atoms with E-state index in [2.05, 4.69) is 0 Å². The van der Waals surface area contributed by atoms with Crippen molar-refractivity contribution >= 4 is 11.9 Å². The molecule has 1 aliphatic rings. The third-order valence-electron chi connectivity index (χ3n) is 2.77. The molecule has 0 heterocycles. The summed E-state index contributed by atoms with van der Waals surface area (Å²) < 4.78 is 10.0. The largest absolute Gasteiger partial charge is 0.463 e. The van der Waals surface area contributed by atoms with Crippen LogP contribution in [0.4, 0.5) is 0 Å². The Hall–Kier alpha value is -1.32. The van der Waals surface area contributed by atoms with Gasteiger partial charge in [-0.15, -0.1) is 0 Å². The summed E-state index contributed by atoms with van der Waals surface area (Å²) in [6.07, 6.45) is 6.52. The summed E-state index contributed by atoms with van der Waals surface area (Å²) in [5.74, 6) is -0.907. The first-order valence-electron chi connectivity index (χ1n) is 6.19. The van der Waals surface area contributed by atoms with Crippen molar-refractivity contribution in [3.05, 3.63) is 11.6 Å². The molecule has 0 N–H and O–H groups in total. The highest BCUT2D eigenvalue weighted by Crippen LogP contribution is 2.20. The van der Waals surface area contributed by atoms with Crippen LogP contribution >= 0.6 is 0 Å². The number of esters is 2. The Balaban J connectivity index is 2.41. The number of carbonyl (C=O) groups excluding carboxylic acids is 2. The van der Waals surface area contributed by atoms with E-state index in [0.717, 1.165) is 25.7 Å². The topological polar surface area (TPSA) is 52.6 Å². The predicted octanol–water partition coefficient (Wildman–Crippen LogP) is 2.37. The second-order valence-corrected chi connectivity index (χ2v) is 4.24. The van der Waals surface area contributed by atoms with E-state index < -0.39 is 11.9 Å². The number of carbonyl (C=O) groups is 2. The Kier molecular flexibility index (Phi) is 5.73. The summed E-state index contributed by atoms with van der Waals surface area (Å²) in [6.45, 7) is 3.59. The van der Waals surface area contributed by atoms with Crippen LogP contribution in [0.25, 0.3) is 0 Å². The molecule has 1 saturated carbocycles. The van der Waals surface area contributed by atoms with Gasteiger partial charge in [-0.25, -0.2) is 9.59 Å². The smallest absolute Gasteiger partial charge is 0.333 e. The van der Waals surface area contributed by atoms with Crippen molar-refractivity contribution in [2.24, 2.45) is 0 Å². The van der Waals surface area contributed by atoms with Gasteiger partial charge in [0.05, 0.1) is 6.61 Å². The van der Waals surface area contributed by atoms with E-state index >= 15 is 0 Å². The highest BCUT2D eigenvalue weighted by Gasteiger charge is 2.17. The number of rotatable bonds is 4. The lowest BCUT2D eigenvalue weighted by molar-refractivity contribution is -0.145. The second kappa shape index (κ2) is 7.09. The summed E-state index contributed by atoms with van der Waals surface area (Å²) in [5, 5.41) is 0. The molecule has 0 aromatic heterocycles. The molecular weight excluding hydrogens is 220 g/mol. The van der Waals surface area contributed by atoms with Gasteiger partial charge in [-0.3, -0.25) is 0 Å². The van der Waals surface area contributed by atoms with Crippen molar-refractivity contribution in [1.82, 2.24) is 0 Å². The molecule has 0 bridgehead atoms. The van der Waals surface area contributed by atoms with Crippen LogP contribution in [0.5, 0.6) is 0 Å². The van der Waals surface area contributed by atoms with E-state index in [1.807, 2.05) is 0 Å². The molecule has 0 radical (unpaired) electrons. The van der Waals surface area contributed by atoms with Crippen LogP contribution in [0, 0.1) is 0 Å². The summed E-state index contributed by atoms with van der Waals surface area (Å²) >= 11 is 0.